The molecule has 35 heavy (non-hydrogen) atoms. The molecule has 0 bridgehead atoms. The van der Waals surface area contributed by atoms with Gasteiger partial charge in [0.25, 0.3) is 0 Å². The summed E-state index contributed by atoms with van der Waals surface area (Å²) in [7, 11) is 1.70. The Morgan fingerprint density at radius 1 is 1.00 bits per heavy atom. The summed E-state index contributed by atoms with van der Waals surface area (Å²) in [5.41, 5.74) is 0.531. The number of aliphatic hydroxyl groups excluding tert-OH is 2. The van der Waals surface area contributed by atoms with Crippen molar-refractivity contribution >= 4 is 31.4 Å². The molecule has 1 heterocycles. The highest BCUT2D eigenvalue weighted by Gasteiger charge is 2.32. The fourth-order valence-electron chi connectivity index (χ4n) is 4.59. The fourth-order valence-corrected chi connectivity index (χ4v) is 4.59. The van der Waals surface area contributed by atoms with Crippen LogP contribution in [0.4, 0.5) is 0 Å². The molecule has 198 valence electrons. The lowest BCUT2D eigenvalue weighted by Crippen LogP contribution is -2.40. The molecule has 0 aromatic heterocycles. The van der Waals surface area contributed by atoms with Crippen molar-refractivity contribution in [2.75, 3.05) is 7.05 Å². The average molecular weight is 496 g/mol. The molecule has 0 radical (unpaired) electrons. The van der Waals surface area contributed by atoms with E-state index in [0.29, 0.717) is 63.2 Å². The van der Waals surface area contributed by atoms with Crippen LogP contribution < -0.4 is 5.32 Å². The Hall–Kier alpha value is -2.07. The minimum Gasteiger partial charge on any atom is -0.392 e. The molecule has 1 fully saturated rings. The van der Waals surface area contributed by atoms with Crippen molar-refractivity contribution in [3.05, 3.63) is 11.6 Å². The zero-order valence-electron chi connectivity index (χ0n) is 20.6. The predicted molar refractivity (Wildman–Crippen MR) is 129 cm³/mol. The number of aliphatic hydroxyl groups is 2. The molecule has 9 heteroatoms. The van der Waals surface area contributed by atoms with E-state index in [9.17, 15) is 34.2 Å². The highest BCUT2D eigenvalue weighted by Crippen LogP contribution is 2.28. The van der Waals surface area contributed by atoms with Crippen molar-refractivity contribution in [1.29, 1.82) is 0 Å². The Morgan fingerprint density at radius 2 is 1.74 bits per heavy atom. The second-order valence-electron chi connectivity index (χ2n) is 9.27. The van der Waals surface area contributed by atoms with Crippen LogP contribution in [0.25, 0.3) is 0 Å². The summed E-state index contributed by atoms with van der Waals surface area (Å²) in [6, 6.07) is -0.304. The Kier molecular flexibility index (Phi) is 16.1. The Labute approximate surface area is 207 Å². The van der Waals surface area contributed by atoms with E-state index in [2.05, 4.69) is 5.32 Å². The third-order valence-corrected chi connectivity index (χ3v) is 6.82. The lowest BCUT2D eigenvalue weighted by molar-refractivity contribution is -0.178. The molecule has 1 saturated heterocycles. The first-order valence-corrected chi connectivity index (χ1v) is 12.6. The van der Waals surface area contributed by atoms with Crippen LogP contribution >= 0.6 is 0 Å². The lowest BCUT2D eigenvalue weighted by atomic mass is 9.82. The maximum Gasteiger partial charge on any atom is 0.154 e. The predicted octanol–water partition coefficient (Wildman–Crippen LogP) is 1.71. The van der Waals surface area contributed by atoms with Crippen LogP contribution in [0.15, 0.2) is 11.6 Å². The molecular weight excluding hydrogens is 454 g/mol. The number of aldehydes is 5. The van der Waals surface area contributed by atoms with Gasteiger partial charge in [-0.3, -0.25) is 4.79 Å². The molecule has 3 N–H and O–H groups in total. The molecule has 1 aliphatic rings. The van der Waals surface area contributed by atoms with E-state index in [0.717, 1.165) is 31.6 Å². The minimum atomic E-state index is -0.933. The number of carbonyl (C=O) groups is 5. The topological polar surface area (TPSA) is 147 Å². The summed E-state index contributed by atoms with van der Waals surface area (Å²) in [5.74, 6) is -1.68. The summed E-state index contributed by atoms with van der Waals surface area (Å²) >= 11 is 0. The minimum absolute atomic E-state index is 0.248. The number of nitrogens with one attached hydrogen (secondary N) is 1. The van der Waals surface area contributed by atoms with Crippen molar-refractivity contribution < 1.29 is 38.9 Å². The molecule has 7 atom stereocenters. The summed E-state index contributed by atoms with van der Waals surface area (Å²) in [5, 5.41) is 23.4. The molecule has 1 aliphatic heterocycles. The van der Waals surface area contributed by atoms with Crippen LogP contribution in [-0.2, 0) is 28.7 Å². The Bertz CT molecular complexity index is 682. The highest BCUT2D eigenvalue weighted by atomic mass is 16.6. The van der Waals surface area contributed by atoms with Gasteiger partial charge in [0.2, 0.25) is 0 Å². The molecule has 0 spiro atoms. The fraction of sp³-hybridized carbons (Fsp3) is 0.731. The summed E-state index contributed by atoms with van der Waals surface area (Å²) in [6.07, 6.45) is 8.54. The van der Waals surface area contributed by atoms with E-state index >= 15 is 0 Å². The molecule has 9 nitrogen and oxygen atoms in total. The SMILES string of the molecule is CNC(CCC(C=O)C(O)CC/C(C=O)=C\CCCC=O)C(C=O)CC(C=O)C1CCCC(O)O1. The number of carbonyl (C=O) groups excluding carboxylic acids is 5. The van der Waals surface area contributed by atoms with Crippen molar-refractivity contribution in [3.8, 4) is 0 Å². The van der Waals surface area contributed by atoms with Gasteiger partial charge in [0, 0.05) is 30.2 Å². The standard InChI is InChI=1S/C26H41NO8/c1-27-23(21(17-31)14-22(18-32)25-7-5-8-26(34)35-25)11-10-20(16-30)24(33)12-9-19(15-29)6-3-2-4-13-28/h6,13,15-18,20-27,33-34H,2-5,7-12,14H2,1H3/b19-6+. The number of ether oxygens (including phenoxy) is 1. The normalized spacial score (nSPS) is 22.9. The number of hydrogen-bond acceptors (Lipinski definition) is 9. The van der Waals surface area contributed by atoms with Crippen molar-refractivity contribution in [2.24, 2.45) is 17.8 Å². The molecule has 0 amide bonds. The summed E-state index contributed by atoms with van der Waals surface area (Å²) in [4.78, 5) is 56.8. The van der Waals surface area contributed by atoms with Gasteiger partial charge in [0.15, 0.2) is 6.29 Å². The maximum absolute atomic E-state index is 11.9. The largest absolute Gasteiger partial charge is 0.392 e. The molecule has 0 aliphatic carbocycles. The van der Waals surface area contributed by atoms with Gasteiger partial charge >= 0.3 is 0 Å². The Morgan fingerprint density at radius 3 is 2.31 bits per heavy atom. The van der Waals surface area contributed by atoms with Gasteiger partial charge in [-0.1, -0.05) is 6.08 Å². The molecule has 0 saturated carbocycles. The van der Waals surface area contributed by atoms with Crippen LogP contribution in [0, 0.1) is 17.8 Å². The highest BCUT2D eigenvalue weighted by molar-refractivity contribution is 5.73. The second-order valence-corrected chi connectivity index (χ2v) is 9.27. The van der Waals surface area contributed by atoms with Crippen LogP contribution in [0.2, 0.25) is 0 Å². The maximum atomic E-state index is 11.9. The van der Waals surface area contributed by atoms with Crippen molar-refractivity contribution in [2.45, 2.75) is 95.2 Å². The van der Waals surface area contributed by atoms with Gasteiger partial charge in [-0.15, -0.1) is 0 Å². The quantitative estimate of drug-likeness (QED) is 0.130. The van der Waals surface area contributed by atoms with Gasteiger partial charge in [-0.2, -0.15) is 0 Å². The number of rotatable bonds is 20. The van der Waals surface area contributed by atoms with E-state index < -0.39 is 36.3 Å². The van der Waals surface area contributed by atoms with Crippen LogP contribution in [0.1, 0.15) is 70.6 Å². The Balaban J connectivity index is 2.64. The molecule has 7 unspecified atom stereocenters. The zero-order valence-corrected chi connectivity index (χ0v) is 20.6. The van der Waals surface area contributed by atoms with Crippen LogP contribution in [0.5, 0.6) is 0 Å². The van der Waals surface area contributed by atoms with E-state index in [1.807, 2.05) is 0 Å². The molecule has 1 rings (SSSR count). The molecule has 0 aromatic carbocycles. The first-order chi connectivity index (χ1) is 16.9. The van der Waals surface area contributed by atoms with E-state index in [4.69, 9.17) is 4.74 Å². The second kappa shape index (κ2) is 18.2. The number of hydrogen-bond donors (Lipinski definition) is 3. The van der Waals surface area contributed by atoms with Gasteiger partial charge in [0.1, 0.15) is 31.4 Å². The zero-order chi connectivity index (χ0) is 26.1. The average Bonchev–Trinajstić information content (AvgIpc) is 2.87. The van der Waals surface area contributed by atoms with Gasteiger partial charge in [-0.05, 0) is 76.8 Å². The number of unbranched alkanes of at least 4 members (excludes halogenated alkanes) is 2. The lowest BCUT2D eigenvalue weighted by Gasteiger charge is -2.33. The molecular formula is C26H41NO8. The third kappa shape index (κ3) is 11.5. The van der Waals surface area contributed by atoms with Crippen molar-refractivity contribution in [3.63, 3.8) is 0 Å². The summed E-state index contributed by atoms with van der Waals surface area (Å²) in [6.45, 7) is 0. The van der Waals surface area contributed by atoms with Crippen LogP contribution in [0.3, 0.4) is 0 Å². The smallest absolute Gasteiger partial charge is 0.154 e. The van der Waals surface area contributed by atoms with Crippen molar-refractivity contribution in [1.82, 2.24) is 5.32 Å². The summed E-state index contributed by atoms with van der Waals surface area (Å²) < 4.78 is 5.50. The van der Waals surface area contributed by atoms with E-state index in [-0.39, 0.29) is 18.9 Å². The third-order valence-electron chi connectivity index (χ3n) is 6.82. The molecule has 0 aromatic rings. The number of allylic oxidation sites excluding steroid dienone is 2. The first-order valence-electron chi connectivity index (χ1n) is 12.6. The van der Waals surface area contributed by atoms with E-state index in [1.54, 1.807) is 13.1 Å². The first kappa shape index (κ1) is 31.0. The monoisotopic (exact) mass is 495 g/mol. The van der Waals surface area contributed by atoms with E-state index in [1.165, 1.54) is 0 Å². The van der Waals surface area contributed by atoms with Gasteiger partial charge < -0.3 is 39.4 Å². The van der Waals surface area contributed by atoms with Gasteiger partial charge in [-0.25, -0.2) is 0 Å². The van der Waals surface area contributed by atoms with Gasteiger partial charge in [0.05, 0.1) is 12.2 Å². The van der Waals surface area contributed by atoms with Crippen LogP contribution in [-0.4, -0.2) is 73.2 Å².